The van der Waals surface area contributed by atoms with Crippen LogP contribution in [0, 0.1) is 0 Å². The van der Waals surface area contributed by atoms with Crippen molar-refractivity contribution in [2.45, 2.75) is 13.1 Å². The maximum absolute atomic E-state index is 12.8. The van der Waals surface area contributed by atoms with Crippen LogP contribution in [0.5, 0.6) is 0 Å². The summed E-state index contributed by atoms with van der Waals surface area (Å²) in [6.45, 7) is 0.493. The van der Waals surface area contributed by atoms with Gasteiger partial charge < -0.3 is 20.9 Å². The van der Waals surface area contributed by atoms with Crippen molar-refractivity contribution in [3.05, 3.63) is 23.8 Å². The van der Waals surface area contributed by atoms with Crippen LogP contribution in [0.1, 0.15) is 12.5 Å². The highest BCUT2D eigenvalue weighted by Gasteiger charge is 2.31. The summed E-state index contributed by atoms with van der Waals surface area (Å²) >= 11 is 0. The Bertz CT molecular complexity index is 660. The van der Waals surface area contributed by atoms with Gasteiger partial charge >= 0.3 is 6.18 Å². The Morgan fingerprint density at radius 3 is 2.16 bits per heavy atom. The predicted molar refractivity (Wildman–Crippen MR) is 86.1 cm³/mol. The fourth-order valence-electron chi connectivity index (χ4n) is 1.84. The molecule has 3 amide bonds. The first-order valence-electron chi connectivity index (χ1n) is 7.20. The van der Waals surface area contributed by atoms with Gasteiger partial charge in [-0.3, -0.25) is 14.4 Å². The van der Waals surface area contributed by atoms with Gasteiger partial charge in [0.15, 0.2) is 0 Å². The number of nitrogens with zero attached hydrogens (tertiary/aromatic N) is 1. The van der Waals surface area contributed by atoms with E-state index < -0.39 is 36.0 Å². The number of alkyl halides is 3. The lowest BCUT2D eigenvalue weighted by atomic mass is 10.1. The molecule has 0 aliphatic rings. The van der Waals surface area contributed by atoms with Gasteiger partial charge in [-0.1, -0.05) is 0 Å². The van der Waals surface area contributed by atoms with E-state index in [1.807, 2.05) is 0 Å². The first kappa shape index (κ1) is 20.3. The van der Waals surface area contributed by atoms with Crippen LogP contribution in [0.4, 0.5) is 24.5 Å². The van der Waals surface area contributed by atoms with Crippen LogP contribution in [-0.2, 0) is 20.6 Å². The summed E-state index contributed by atoms with van der Waals surface area (Å²) in [6.07, 6.45) is -4.54. The van der Waals surface area contributed by atoms with E-state index in [0.717, 1.165) is 12.1 Å². The summed E-state index contributed by atoms with van der Waals surface area (Å²) in [5.74, 6) is -1.69. The van der Waals surface area contributed by atoms with Crippen LogP contribution in [0.3, 0.4) is 0 Å². The summed E-state index contributed by atoms with van der Waals surface area (Å²) in [5.41, 5.74) is -0.546. The van der Waals surface area contributed by atoms with Gasteiger partial charge in [-0.05, 0) is 18.2 Å². The highest BCUT2D eigenvalue weighted by atomic mass is 19.4. The molecule has 0 atom stereocenters. The highest BCUT2D eigenvalue weighted by molar-refractivity contribution is 5.97. The molecule has 0 saturated heterocycles. The van der Waals surface area contributed by atoms with Crippen molar-refractivity contribution in [3.8, 4) is 0 Å². The number of hydrogen-bond acceptors (Lipinski definition) is 4. The minimum Gasteiger partial charge on any atom is -0.376 e. The van der Waals surface area contributed by atoms with E-state index >= 15 is 0 Å². The highest BCUT2D eigenvalue weighted by Crippen LogP contribution is 2.34. The van der Waals surface area contributed by atoms with Crippen molar-refractivity contribution in [1.29, 1.82) is 0 Å². The zero-order valence-corrected chi connectivity index (χ0v) is 14.0. The smallest absolute Gasteiger partial charge is 0.376 e. The standard InChI is InChI=1S/C15H19F3N4O3/c1-9(23)19-7-13(24)20-8-14(25)21-11-6-10(15(16,17)18)4-5-12(11)22(2)3/h4-6H,7-8H2,1-3H3,(H,19,23)(H,20,24)(H,21,25). The number of benzene rings is 1. The van der Waals surface area contributed by atoms with Crippen LogP contribution in [0.2, 0.25) is 0 Å². The molecule has 25 heavy (non-hydrogen) atoms. The van der Waals surface area contributed by atoms with Gasteiger partial charge in [0.25, 0.3) is 0 Å². The third-order valence-electron chi connectivity index (χ3n) is 3.02. The molecule has 1 aromatic rings. The van der Waals surface area contributed by atoms with Crippen LogP contribution in [0.15, 0.2) is 18.2 Å². The van der Waals surface area contributed by atoms with Crippen molar-refractivity contribution in [2.24, 2.45) is 0 Å². The van der Waals surface area contributed by atoms with E-state index in [4.69, 9.17) is 0 Å². The number of anilines is 2. The molecule has 0 bridgehead atoms. The normalized spacial score (nSPS) is 10.8. The summed E-state index contributed by atoms with van der Waals surface area (Å²) in [5, 5.41) is 6.84. The molecule has 0 radical (unpaired) electrons. The van der Waals surface area contributed by atoms with Crippen molar-refractivity contribution < 1.29 is 27.6 Å². The second-order valence-electron chi connectivity index (χ2n) is 5.36. The molecule has 0 aliphatic heterocycles. The van der Waals surface area contributed by atoms with Gasteiger partial charge in [-0.25, -0.2) is 0 Å². The Morgan fingerprint density at radius 2 is 1.64 bits per heavy atom. The Kier molecular flexibility index (Phi) is 6.77. The fraction of sp³-hybridized carbons (Fsp3) is 0.400. The second kappa shape index (κ2) is 8.36. The monoisotopic (exact) mass is 360 g/mol. The molecule has 0 fully saturated rings. The van der Waals surface area contributed by atoms with E-state index in [2.05, 4.69) is 16.0 Å². The lowest BCUT2D eigenvalue weighted by molar-refractivity contribution is -0.137. The topological polar surface area (TPSA) is 90.5 Å². The number of halogens is 3. The van der Waals surface area contributed by atoms with Crippen LogP contribution in [0.25, 0.3) is 0 Å². The molecule has 0 aliphatic carbocycles. The molecular weight excluding hydrogens is 341 g/mol. The lowest BCUT2D eigenvalue weighted by Gasteiger charge is -2.20. The molecule has 3 N–H and O–H groups in total. The summed E-state index contributed by atoms with van der Waals surface area (Å²) in [6, 6.07) is 2.99. The van der Waals surface area contributed by atoms with E-state index in [1.54, 1.807) is 19.0 Å². The molecule has 0 heterocycles. The van der Waals surface area contributed by atoms with Gasteiger partial charge in [-0.15, -0.1) is 0 Å². The third-order valence-corrected chi connectivity index (χ3v) is 3.02. The summed E-state index contributed by atoms with van der Waals surface area (Å²) in [4.78, 5) is 35.5. The minimum absolute atomic E-state index is 0.0269. The predicted octanol–water partition coefficient (Wildman–Crippen LogP) is 0.962. The maximum atomic E-state index is 12.8. The summed E-state index contributed by atoms with van der Waals surface area (Å²) in [7, 11) is 3.24. The molecule has 0 aromatic heterocycles. The molecule has 1 rings (SSSR count). The van der Waals surface area contributed by atoms with Crippen LogP contribution in [-0.4, -0.2) is 44.9 Å². The maximum Gasteiger partial charge on any atom is 0.416 e. The molecule has 10 heteroatoms. The molecule has 1 aromatic carbocycles. The molecule has 0 unspecified atom stereocenters. The first-order valence-corrected chi connectivity index (χ1v) is 7.20. The van der Waals surface area contributed by atoms with E-state index in [-0.39, 0.29) is 12.2 Å². The average Bonchev–Trinajstić information content (AvgIpc) is 2.49. The van der Waals surface area contributed by atoms with Gasteiger partial charge in [-0.2, -0.15) is 13.2 Å². The molecule has 138 valence electrons. The quantitative estimate of drug-likeness (QED) is 0.705. The lowest BCUT2D eigenvalue weighted by Crippen LogP contribution is -2.39. The minimum atomic E-state index is -4.54. The molecule has 0 spiro atoms. The Labute approximate surface area is 142 Å². The third kappa shape index (κ3) is 6.69. The largest absolute Gasteiger partial charge is 0.416 e. The van der Waals surface area contributed by atoms with E-state index in [1.165, 1.54) is 13.0 Å². The van der Waals surface area contributed by atoms with E-state index in [9.17, 15) is 27.6 Å². The van der Waals surface area contributed by atoms with Gasteiger partial charge in [0, 0.05) is 21.0 Å². The van der Waals surface area contributed by atoms with Gasteiger partial charge in [0.2, 0.25) is 17.7 Å². The van der Waals surface area contributed by atoms with Gasteiger partial charge in [0.1, 0.15) is 0 Å². The molecule has 0 saturated carbocycles. The van der Waals surface area contributed by atoms with Crippen molar-refractivity contribution in [3.63, 3.8) is 0 Å². The fourth-order valence-corrected chi connectivity index (χ4v) is 1.84. The van der Waals surface area contributed by atoms with Crippen LogP contribution >= 0.6 is 0 Å². The van der Waals surface area contributed by atoms with E-state index in [0.29, 0.717) is 5.69 Å². The Morgan fingerprint density at radius 1 is 1.04 bits per heavy atom. The zero-order valence-electron chi connectivity index (χ0n) is 14.0. The molecular formula is C15H19F3N4O3. The van der Waals surface area contributed by atoms with Crippen molar-refractivity contribution in [1.82, 2.24) is 10.6 Å². The number of nitrogens with one attached hydrogen (secondary N) is 3. The molecule has 7 nitrogen and oxygen atoms in total. The van der Waals surface area contributed by atoms with Crippen LogP contribution < -0.4 is 20.9 Å². The SMILES string of the molecule is CC(=O)NCC(=O)NCC(=O)Nc1cc(C(F)(F)F)ccc1N(C)C. The number of hydrogen-bond donors (Lipinski definition) is 3. The zero-order chi connectivity index (χ0) is 19.2. The number of amides is 3. The number of carbonyl (C=O) groups excluding carboxylic acids is 3. The first-order chi connectivity index (χ1) is 11.5. The average molecular weight is 360 g/mol. The summed E-state index contributed by atoms with van der Waals surface area (Å²) < 4.78 is 38.5. The van der Waals surface area contributed by atoms with Gasteiger partial charge in [0.05, 0.1) is 30.0 Å². The van der Waals surface area contributed by atoms with Crippen molar-refractivity contribution >= 4 is 29.1 Å². The van der Waals surface area contributed by atoms with Crippen molar-refractivity contribution in [2.75, 3.05) is 37.4 Å². The Balaban J connectivity index is 2.78. The second-order valence-corrected chi connectivity index (χ2v) is 5.36. The Hall–Kier alpha value is -2.78. The number of rotatable bonds is 6. The number of carbonyl (C=O) groups is 3.